The van der Waals surface area contributed by atoms with Crippen LogP contribution in [0.15, 0.2) is 24.3 Å². The van der Waals surface area contributed by atoms with Crippen molar-refractivity contribution in [3.05, 3.63) is 24.3 Å². The molecule has 23 heavy (non-hydrogen) atoms. The van der Waals surface area contributed by atoms with E-state index in [1.54, 1.807) is 12.1 Å². The Morgan fingerprint density at radius 3 is 1.13 bits per heavy atom. The van der Waals surface area contributed by atoms with Gasteiger partial charge in [0, 0.05) is 33.3 Å². The van der Waals surface area contributed by atoms with Gasteiger partial charge in [-0.3, -0.25) is 0 Å². The summed E-state index contributed by atoms with van der Waals surface area (Å²) in [6.07, 6.45) is 14.0. The number of nitriles is 2. The molecule has 0 aromatic heterocycles. The fourth-order valence-electron chi connectivity index (χ4n) is 0.856. The summed E-state index contributed by atoms with van der Waals surface area (Å²) in [4.78, 5) is 0. The standard InChI is InChI=1S/C8H12.2C2H3N.CHF3O3S.Rh/c1-2-4-6-8-7-5-3-1;2*1-2-3;2-1(3,4)8(5,6)7;/h1-2,7-8H,3-6H2;2*1H3;(H,5,6,7);/p-1. The maximum absolute atomic E-state index is 10.7. The first-order chi connectivity index (χ1) is 10.1. The van der Waals surface area contributed by atoms with Crippen LogP contribution >= 0.6 is 0 Å². The third kappa shape index (κ3) is 29.4. The van der Waals surface area contributed by atoms with Gasteiger partial charge in [0.1, 0.15) is 0 Å². The van der Waals surface area contributed by atoms with Crippen LogP contribution in [-0.2, 0) is 29.6 Å². The zero-order valence-electron chi connectivity index (χ0n) is 12.6. The summed E-state index contributed by atoms with van der Waals surface area (Å²) < 4.78 is 58.9. The predicted molar refractivity (Wildman–Crippen MR) is 75.1 cm³/mol. The Morgan fingerprint density at radius 1 is 0.913 bits per heavy atom. The molecule has 0 unspecified atom stereocenters. The molecule has 1 aliphatic carbocycles. The van der Waals surface area contributed by atoms with E-state index >= 15 is 0 Å². The molecule has 10 heteroatoms. The van der Waals surface area contributed by atoms with Gasteiger partial charge >= 0.3 is 5.51 Å². The first kappa shape index (κ1) is 29.8. The number of hydrogen-bond donors (Lipinski definition) is 0. The van der Waals surface area contributed by atoms with Crippen LogP contribution in [0, 0.1) is 22.7 Å². The van der Waals surface area contributed by atoms with Crippen LogP contribution in [0.25, 0.3) is 0 Å². The molecule has 0 heterocycles. The van der Waals surface area contributed by atoms with Crippen LogP contribution in [0.3, 0.4) is 0 Å². The molecule has 1 aliphatic rings. The van der Waals surface area contributed by atoms with E-state index in [0.717, 1.165) is 0 Å². The van der Waals surface area contributed by atoms with Crippen molar-refractivity contribution in [3.63, 3.8) is 0 Å². The zero-order chi connectivity index (χ0) is 18.1. The van der Waals surface area contributed by atoms with Crippen molar-refractivity contribution < 1.29 is 45.6 Å². The molecule has 0 saturated heterocycles. The Morgan fingerprint density at radius 2 is 1.04 bits per heavy atom. The first-order valence-corrected chi connectivity index (χ1v) is 7.43. The second-order valence-electron chi connectivity index (χ2n) is 3.44. The molecule has 1 rings (SSSR count). The minimum absolute atomic E-state index is 0. The maximum Gasteiger partial charge on any atom is 0.485 e. The monoisotopic (exact) mass is 442 g/mol. The van der Waals surface area contributed by atoms with Gasteiger partial charge in [-0.2, -0.15) is 23.7 Å². The molecule has 0 saturated carbocycles. The molecule has 0 atom stereocenters. The van der Waals surface area contributed by atoms with Crippen molar-refractivity contribution in [3.8, 4) is 12.1 Å². The van der Waals surface area contributed by atoms with Crippen LogP contribution in [0.4, 0.5) is 13.2 Å². The number of halogens is 3. The fourth-order valence-corrected chi connectivity index (χ4v) is 0.856. The summed E-state index contributed by atoms with van der Waals surface area (Å²) in [7, 11) is -6.09. The molecule has 0 aliphatic heterocycles. The van der Waals surface area contributed by atoms with Crippen molar-refractivity contribution >= 4 is 10.1 Å². The normalized spacial score (nSPS) is 12.5. The molecule has 0 aromatic carbocycles. The van der Waals surface area contributed by atoms with E-state index in [0.29, 0.717) is 0 Å². The SMILES string of the molecule is C1=CCCC=CCC1.CC#N.CC#N.O=S(=O)([O-])C(F)(F)F.[Rh]. The summed E-state index contributed by atoms with van der Waals surface area (Å²) in [5, 5.41) is 14.6. The molecule has 5 nitrogen and oxygen atoms in total. The largest absolute Gasteiger partial charge is 0.741 e. The summed E-state index contributed by atoms with van der Waals surface area (Å²) in [5.41, 5.74) is -5.65. The van der Waals surface area contributed by atoms with Crippen LogP contribution < -0.4 is 0 Å². The van der Waals surface area contributed by atoms with Gasteiger partial charge in [-0.1, -0.05) is 24.3 Å². The van der Waals surface area contributed by atoms with Gasteiger partial charge < -0.3 is 4.55 Å². The van der Waals surface area contributed by atoms with Gasteiger partial charge in [0.05, 0.1) is 12.1 Å². The van der Waals surface area contributed by atoms with Gasteiger partial charge in [-0.05, 0) is 25.7 Å². The third-order valence-corrected chi connectivity index (χ3v) is 2.18. The van der Waals surface area contributed by atoms with E-state index in [1.807, 2.05) is 0 Å². The minimum atomic E-state index is -6.09. The van der Waals surface area contributed by atoms with Crippen molar-refractivity contribution in [2.24, 2.45) is 0 Å². The molecule has 0 fully saturated rings. The zero-order valence-corrected chi connectivity index (χ0v) is 15.1. The Kier molecular flexibility index (Phi) is 24.4. The van der Waals surface area contributed by atoms with E-state index in [4.69, 9.17) is 23.5 Å². The Bertz CT molecular complexity index is 466. The second kappa shape index (κ2) is 18.8. The van der Waals surface area contributed by atoms with Gasteiger partial charge in [-0.15, -0.1) is 0 Å². The van der Waals surface area contributed by atoms with Crippen molar-refractivity contribution in [1.29, 1.82) is 10.5 Å². The predicted octanol–water partition coefficient (Wildman–Crippen LogP) is 3.78. The average Bonchev–Trinajstić information content (AvgIpc) is 2.27. The second-order valence-corrected chi connectivity index (χ2v) is 4.82. The van der Waals surface area contributed by atoms with Gasteiger partial charge in [0.2, 0.25) is 0 Å². The van der Waals surface area contributed by atoms with Crippen LogP contribution in [0.2, 0.25) is 0 Å². The quantitative estimate of drug-likeness (QED) is 0.246. The Balaban J connectivity index is -0.000000114. The number of nitrogens with zero attached hydrogens (tertiary/aromatic N) is 2. The van der Waals surface area contributed by atoms with Crippen molar-refractivity contribution in [1.82, 2.24) is 0 Å². The molecule has 0 N–H and O–H groups in total. The summed E-state index contributed by atoms with van der Waals surface area (Å²) >= 11 is 0. The Labute approximate surface area is 148 Å². The van der Waals surface area contributed by atoms with Crippen LogP contribution in [0.5, 0.6) is 0 Å². The molecule has 0 bridgehead atoms. The van der Waals surface area contributed by atoms with Crippen LogP contribution in [0.1, 0.15) is 39.5 Å². The summed E-state index contributed by atoms with van der Waals surface area (Å²) in [5.74, 6) is 0. The molecule has 0 aromatic rings. The summed E-state index contributed by atoms with van der Waals surface area (Å²) in [6.45, 7) is 2.86. The van der Waals surface area contributed by atoms with E-state index in [-0.39, 0.29) is 19.5 Å². The molecular formula is C13H18F3N2O3RhS-. The van der Waals surface area contributed by atoms with Crippen molar-refractivity contribution in [2.45, 2.75) is 45.0 Å². The Hall–Kier alpha value is -1.22. The van der Waals surface area contributed by atoms with Crippen molar-refractivity contribution in [2.75, 3.05) is 0 Å². The van der Waals surface area contributed by atoms with E-state index in [2.05, 4.69) is 24.3 Å². The smallest absolute Gasteiger partial charge is 0.485 e. The van der Waals surface area contributed by atoms with Gasteiger partial charge in [-0.25, -0.2) is 8.42 Å². The molecule has 0 amide bonds. The molecule has 135 valence electrons. The first-order valence-electron chi connectivity index (χ1n) is 6.02. The number of alkyl halides is 3. The number of rotatable bonds is 0. The van der Waals surface area contributed by atoms with E-state index in [1.165, 1.54) is 39.5 Å². The summed E-state index contributed by atoms with van der Waals surface area (Å²) in [6, 6.07) is 3.50. The maximum atomic E-state index is 10.7. The number of hydrogen-bond acceptors (Lipinski definition) is 5. The topological polar surface area (TPSA) is 105 Å². The molecule has 0 spiro atoms. The molecule has 1 radical (unpaired) electrons. The van der Waals surface area contributed by atoms with E-state index < -0.39 is 15.6 Å². The number of allylic oxidation sites excluding steroid dienone is 4. The van der Waals surface area contributed by atoms with Gasteiger partial charge in [0.15, 0.2) is 10.1 Å². The third-order valence-electron chi connectivity index (χ3n) is 1.62. The average molecular weight is 442 g/mol. The van der Waals surface area contributed by atoms with Gasteiger partial charge in [0.25, 0.3) is 0 Å². The molecular weight excluding hydrogens is 424 g/mol. The minimum Gasteiger partial charge on any atom is -0.741 e. The van der Waals surface area contributed by atoms with E-state index in [9.17, 15) is 13.2 Å². The van der Waals surface area contributed by atoms with Crippen LogP contribution in [-0.4, -0.2) is 18.5 Å². The fraction of sp³-hybridized carbons (Fsp3) is 0.538.